The Bertz CT molecular complexity index is 761. The Labute approximate surface area is 174 Å². The van der Waals surface area contributed by atoms with Crippen LogP contribution in [0.1, 0.15) is 45.7 Å². The zero-order valence-corrected chi connectivity index (χ0v) is 18.7. The van der Waals surface area contributed by atoms with E-state index in [9.17, 15) is 9.59 Å². The Morgan fingerprint density at radius 2 is 1.16 bits per heavy atom. The molecule has 0 fully saturated rings. The van der Waals surface area contributed by atoms with Crippen molar-refractivity contribution in [2.75, 3.05) is 14.2 Å². The predicted molar refractivity (Wildman–Crippen MR) is 113 cm³/mol. The molecule has 0 aromatic heterocycles. The zero-order valence-electron chi connectivity index (χ0n) is 14.4. The van der Waals surface area contributed by atoms with Gasteiger partial charge in [-0.1, -0.05) is 26.0 Å². The fourth-order valence-corrected chi connectivity index (χ4v) is 4.00. The number of methoxy groups -OCH3 is 2. The topological polar surface area (TPSA) is 52.6 Å². The minimum atomic E-state index is -0.342. The molecule has 0 spiro atoms. The molecule has 6 heteroatoms. The lowest BCUT2D eigenvalue weighted by atomic mass is 9.78. The molecule has 2 aromatic rings. The number of hydrogen-bond donors (Lipinski definition) is 0. The van der Waals surface area contributed by atoms with E-state index >= 15 is 0 Å². The maximum Gasteiger partial charge on any atom is 0.338 e. The van der Waals surface area contributed by atoms with Gasteiger partial charge >= 0.3 is 11.9 Å². The van der Waals surface area contributed by atoms with Crippen LogP contribution in [0.4, 0.5) is 0 Å². The highest BCUT2D eigenvalue weighted by molar-refractivity contribution is 14.1. The number of rotatable bonds is 4. The standard InChI is InChI=1S/C19H18I2O4/c1-19(2,11-5-7-13(15(20)9-11)17(22)24-3)12-6-8-14(16(21)10-12)18(23)25-4/h5-10H,1-4H3. The summed E-state index contributed by atoms with van der Waals surface area (Å²) >= 11 is 4.29. The second-order valence-electron chi connectivity index (χ2n) is 6.00. The third-order valence-electron chi connectivity index (χ3n) is 4.19. The molecule has 0 bridgehead atoms. The summed E-state index contributed by atoms with van der Waals surface area (Å²) in [5.41, 5.74) is 2.97. The molecule has 2 aromatic carbocycles. The van der Waals surface area contributed by atoms with Gasteiger partial charge in [-0.2, -0.15) is 0 Å². The molecule has 0 atom stereocenters. The van der Waals surface area contributed by atoms with E-state index < -0.39 is 0 Å². The van der Waals surface area contributed by atoms with E-state index in [1.54, 1.807) is 12.1 Å². The van der Waals surface area contributed by atoms with Gasteiger partial charge in [0.25, 0.3) is 0 Å². The summed E-state index contributed by atoms with van der Waals surface area (Å²) in [6, 6.07) is 11.4. The second-order valence-corrected chi connectivity index (χ2v) is 8.32. The first-order valence-electron chi connectivity index (χ1n) is 7.49. The number of benzene rings is 2. The van der Waals surface area contributed by atoms with Crippen molar-refractivity contribution in [1.29, 1.82) is 0 Å². The average molecular weight is 564 g/mol. The summed E-state index contributed by atoms with van der Waals surface area (Å²) < 4.78 is 11.3. The minimum absolute atomic E-state index is 0.289. The monoisotopic (exact) mass is 564 g/mol. The summed E-state index contributed by atoms with van der Waals surface area (Å²) in [5, 5.41) is 0. The maximum absolute atomic E-state index is 11.8. The van der Waals surface area contributed by atoms with Crippen LogP contribution in [0.2, 0.25) is 0 Å². The third-order valence-corrected chi connectivity index (χ3v) is 5.98. The van der Waals surface area contributed by atoms with Crippen LogP contribution in [0, 0.1) is 7.14 Å². The van der Waals surface area contributed by atoms with Gasteiger partial charge in [-0.05, 0) is 80.6 Å². The Kier molecular flexibility index (Phi) is 6.47. The van der Waals surface area contributed by atoms with Crippen molar-refractivity contribution in [3.8, 4) is 0 Å². The largest absolute Gasteiger partial charge is 0.465 e. The number of esters is 2. The van der Waals surface area contributed by atoms with E-state index in [4.69, 9.17) is 9.47 Å². The third kappa shape index (κ3) is 4.16. The van der Waals surface area contributed by atoms with Crippen LogP contribution in [0.25, 0.3) is 0 Å². The first-order chi connectivity index (χ1) is 11.7. The van der Waals surface area contributed by atoms with Gasteiger partial charge < -0.3 is 9.47 Å². The molecule has 0 aliphatic carbocycles. The summed E-state index contributed by atoms with van der Waals surface area (Å²) in [7, 11) is 2.75. The van der Waals surface area contributed by atoms with Gasteiger partial charge in [0.15, 0.2) is 0 Å². The van der Waals surface area contributed by atoms with Gasteiger partial charge in [-0.3, -0.25) is 0 Å². The molecule has 0 unspecified atom stereocenters. The van der Waals surface area contributed by atoms with Gasteiger partial charge in [-0.15, -0.1) is 0 Å². The van der Waals surface area contributed by atoms with Gasteiger partial charge in [0, 0.05) is 12.6 Å². The van der Waals surface area contributed by atoms with E-state index in [0.29, 0.717) is 11.1 Å². The molecule has 0 saturated heterocycles. The maximum atomic E-state index is 11.8. The van der Waals surface area contributed by atoms with Crippen molar-refractivity contribution in [1.82, 2.24) is 0 Å². The Hall–Kier alpha value is -1.16. The molecule has 4 nitrogen and oxygen atoms in total. The molecule has 0 N–H and O–H groups in total. The van der Waals surface area contributed by atoms with Gasteiger partial charge in [0.2, 0.25) is 0 Å². The molecule has 0 aliphatic rings. The molecular weight excluding hydrogens is 546 g/mol. The number of halogens is 2. The average Bonchev–Trinajstić information content (AvgIpc) is 2.60. The lowest BCUT2D eigenvalue weighted by Crippen LogP contribution is -2.20. The highest BCUT2D eigenvalue weighted by atomic mass is 127. The molecular formula is C19H18I2O4. The number of hydrogen-bond acceptors (Lipinski definition) is 4. The molecule has 0 amide bonds. The van der Waals surface area contributed by atoms with E-state index in [1.165, 1.54) is 14.2 Å². The van der Waals surface area contributed by atoms with Gasteiger partial charge in [0.05, 0.1) is 25.3 Å². The molecule has 25 heavy (non-hydrogen) atoms. The number of carbonyl (C=O) groups is 2. The van der Waals surface area contributed by atoms with Crippen molar-refractivity contribution >= 4 is 57.1 Å². The first-order valence-corrected chi connectivity index (χ1v) is 9.64. The lowest BCUT2D eigenvalue weighted by molar-refractivity contribution is 0.0590. The Morgan fingerprint density at radius 3 is 1.44 bits per heavy atom. The quantitative estimate of drug-likeness (QED) is 0.396. The summed E-state index contributed by atoms with van der Waals surface area (Å²) in [4.78, 5) is 23.5. The molecule has 0 heterocycles. The SMILES string of the molecule is COC(=O)c1ccc(C(C)(C)c2ccc(C(=O)OC)c(I)c2)cc1I. The lowest BCUT2D eigenvalue weighted by Gasteiger charge is -2.27. The van der Waals surface area contributed by atoms with Crippen molar-refractivity contribution < 1.29 is 19.1 Å². The normalized spacial score (nSPS) is 11.1. The molecule has 0 radical (unpaired) electrons. The second kappa shape index (κ2) is 8.03. The van der Waals surface area contributed by atoms with Crippen LogP contribution in [0.5, 0.6) is 0 Å². The molecule has 0 saturated carbocycles. The highest BCUT2D eigenvalue weighted by Crippen LogP contribution is 2.34. The summed E-state index contributed by atoms with van der Waals surface area (Å²) in [6.07, 6.45) is 0. The van der Waals surface area contributed by atoms with E-state index in [2.05, 4.69) is 59.0 Å². The number of carbonyl (C=O) groups excluding carboxylic acids is 2. The van der Waals surface area contributed by atoms with E-state index in [0.717, 1.165) is 18.3 Å². The fourth-order valence-electron chi connectivity index (χ4n) is 2.53. The highest BCUT2D eigenvalue weighted by Gasteiger charge is 2.26. The Balaban J connectivity index is 2.45. The van der Waals surface area contributed by atoms with Crippen molar-refractivity contribution in [2.45, 2.75) is 19.3 Å². The van der Waals surface area contributed by atoms with Gasteiger partial charge in [0.1, 0.15) is 0 Å². The molecule has 2 rings (SSSR count). The minimum Gasteiger partial charge on any atom is -0.465 e. The van der Waals surface area contributed by atoms with Crippen molar-refractivity contribution in [3.63, 3.8) is 0 Å². The van der Waals surface area contributed by atoms with Crippen LogP contribution in [0.15, 0.2) is 36.4 Å². The molecule has 132 valence electrons. The fraction of sp³-hybridized carbons (Fsp3) is 0.263. The van der Waals surface area contributed by atoms with Crippen LogP contribution < -0.4 is 0 Å². The van der Waals surface area contributed by atoms with Crippen LogP contribution >= 0.6 is 45.2 Å². The molecule has 0 aliphatic heterocycles. The summed E-state index contributed by atoms with van der Waals surface area (Å²) in [6.45, 7) is 4.22. The number of ether oxygens (including phenoxy) is 2. The van der Waals surface area contributed by atoms with Crippen LogP contribution in [0.3, 0.4) is 0 Å². The Morgan fingerprint density at radius 1 is 0.800 bits per heavy atom. The summed E-state index contributed by atoms with van der Waals surface area (Å²) in [5.74, 6) is -0.684. The van der Waals surface area contributed by atoms with Crippen LogP contribution in [-0.4, -0.2) is 26.2 Å². The van der Waals surface area contributed by atoms with Crippen LogP contribution in [-0.2, 0) is 14.9 Å². The predicted octanol–water partition coefficient (Wildman–Crippen LogP) is 4.79. The van der Waals surface area contributed by atoms with E-state index in [1.807, 2.05) is 24.3 Å². The first kappa shape index (κ1) is 20.2. The van der Waals surface area contributed by atoms with Gasteiger partial charge in [-0.25, -0.2) is 9.59 Å². The van der Waals surface area contributed by atoms with E-state index in [-0.39, 0.29) is 17.4 Å². The smallest absolute Gasteiger partial charge is 0.338 e. The van der Waals surface area contributed by atoms with Crippen molar-refractivity contribution in [3.05, 3.63) is 65.8 Å². The zero-order chi connectivity index (χ0) is 18.8. The van der Waals surface area contributed by atoms with Crippen molar-refractivity contribution in [2.24, 2.45) is 0 Å².